The van der Waals surface area contributed by atoms with Crippen molar-refractivity contribution >= 4 is 18.2 Å². The van der Waals surface area contributed by atoms with Crippen molar-refractivity contribution < 1.29 is 24.6 Å². The number of aromatic nitrogens is 1. The van der Waals surface area contributed by atoms with Crippen LogP contribution in [0.25, 0.3) is 0 Å². The number of aldehydes is 1. The van der Waals surface area contributed by atoms with Crippen LogP contribution in [0.4, 0.5) is 0 Å². The third kappa shape index (κ3) is 1.74. The SMILES string of the molecule is O=Cc1ccc(C(=O)O)nc1C(=O)O. The molecule has 0 amide bonds. The van der Waals surface area contributed by atoms with Gasteiger partial charge in [-0.2, -0.15) is 0 Å². The Morgan fingerprint density at radius 3 is 2.29 bits per heavy atom. The highest BCUT2D eigenvalue weighted by molar-refractivity contribution is 5.97. The van der Waals surface area contributed by atoms with E-state index in [9.17, 15) is 14.4 Å². The van der Waals surface area contributed by atoms with E-state index in [4.69, 9.17) is 10.2 Å². The van der Waals surface area contributed by atoms with Crippen molar-refractivity contribution in [1.82, 2.24) is 4.98 Å². The molecule has 0 radical (unpaired) electrons. The maximum absolute atomic E-state index is 10.5. The lowest BCUT2D eigenvalue weighted by molar-refractivity contribution is 0.0682. The zero-order valence-corrected chi connectivity index (χ0v) is 6.80. The van der Waals surface area contributed by atoms with Gasteiger partial charge in [-0.1, -0.05) is 0 Å². The monoisotopic (exact) mass is 195 g/mol. The lowest BCUT2D eigenvalue weighted by Crippen LogP contribution is -2.10. The molecule has 14 heavy (non-hydrogen) atoms. The molecule has 0 bridgehead atoms. The van der Waals surface area contributed by atoms with Crippen molar-refractivity contribution in [3.05, 3.63) is 29.1 Å². The molecule has 2 N–H and O–H groups in total. The molecule has 0 atom stereocenters. The normalized spacial score (nSPS) is 9.43. The third-order valence-corrected chi connectivity index (χ3v) is 1.48. The minimum absolute atomic E-state index is 0.150. The van der Waals surface area contributed by atoms with E-state index in [-0.39, 0.29) is 5.56 Å². The highest BCUT2D eigenvalue weighted by Crippen LogP contribution is 2.05. The predicted molar refractivity (Wildman–Crippen MR) is 43.5 cm³/mol. The molecule has 0 aliphatic carbocycles. The van der Waals surface area contributed by atoms with Gasteiger partial charge in [-0.3, -0.25) is 4.79 Å². The quantitative estimate of drug-likeness (QED) is 0.671. The molecule has 1 heterocycles. The van der Waals surface area contributed by atoms with Gasteiger partial charge in [0.2, 0.25) is 0 Å². The van der Waals surface area contributed by atoms with Crippen LogP contribution in [0.3, 0.4) is 0 Å². The topological polar surface area (TPSA) is 105 Å². The van der Waals surface area contributed by atoms with Crippen LogP contribution in [0.15, 0.2) is 12.1 Å². The lowest BCUT2D eigenvalue weighted by atomic mass is 10.2. The summed E-state index contributed by atoms with van der Waals surface area (Å²) in [5.41, 5.74) is -1.12. The average Bonchev–Trinajstić information content (AvgIpc) is 2.16. The summed E-state index contributed by atoms with van der Waals surface area (Å²) in [6.45, 7) is 0. The van der Waals surface area contributed by atoms with E-state index in [0.717, 1.165) is 12.1 Å². The first-order valence-electron chi connectivity index (χ1n) is 3.49. The molecule has 6 nitrogen and oxygen atoms in total. The minimum Gasteiger partial charge on any atom is -0.477 e. The number of carboxylic acids is 2. The fraction of sp³-hybridized carbons (Fsp3) is 0. The van der Waals surface area contributed by atoms with Crippen LogP contribution < -0.4 is 0 Å². The van der Waals surface area contributed by atoms with Crippen molar-refractivity contribution in [3.8, 4) is 0 Å². The van der Waals surface area contributed by atoms with Crippen LogP contribution in [-0.2, 0) is 0 Å². The van der Waals surface area contributed by atoms with Crippen molar-refractivity contribution in [1.29, 1.82) is 0 Å². The number of hydrogen-bond donors (Lipinski definition) is 2. The summed E-state index contributed by atoms with van der Waals surface area (Å²) in [7, 11) is 0. The maximum atomic E-state index is 10.5. The van der Waals surface area contributed by atoms with E-state index in [2.05, 4.69) is 4.98 Å². The summed E-state index contributed by atoms with van der Waals surface area (Å²) in [5, 5.41) is 17.1. The zero-order chi connectivity index (χ0) is 10.7. The molecule has 0 aliphatic heterocycles. The Morgan fingerprint density at radius 1 is 1.21 bits per heavy atom. The number of rotatable bonds is 3. The van der Waals surface area contributed by atoms with Crippen LogP contribution in [0.2, 0.25) is 0 Å². The van der Waals surface area contributed by atoms with E-state index in [1.54, 1.807) is 0 Å². The van der Waals surface area contributed by atoms with Gasteiger partial charge < -0.3 is 10.2 Å². The standard InChI is InChI=1S/C8H5NO5/c10-3-4-1-2-5(7(11)12)9-6(4)8(13)14/h1-3H,(H,11,12)(H,13,14). The summed E-state index contributed by atoms with van der Waals surface area (Å²) in [6.07, 6.45) is 0.308. The number of hydrogen-bond acceptors (Lipinski definition) is 4. The van der Waals surface area contributed by atoms with Gasteiger partial charge in [-0.15, -0.1) is 0 Å². The fourth-order valence-electron chi connectivity index (χ4n) is 0.855. The molecule has 72 valence electrons. The van der Waals surface area contributed by atoms with Gasteiger partial charge >= 0.3 is 11.9 Å². The number of carbonyl (C=O) groups is 3. The van der Waals surface area contributed by atoms with Gasteiger partial charge in [-0.25, -0.2) is 14.6 Å². The van der Waals surface area contributed by atoms with Crippen LogP contribution in [0.5, 0.6) is 0 Å². The van der Waals surface area contributed by atoms with Crippen molar-refractivity contribution in [2.45, 2.75) is 0 Å². The molecule has 0 aliphatic rings. The summed E-state index contributed by atoms with van der Waals surface area (Å²) < 4.78 is 0. The van der Waals surface area contributed by atoms with Gasteiger partial charge in [0.1, 0.15) is 5.69 Å². The number of carbonyl (C=O) groups excluding carboxylic acids is 1. The van der Waals surface area contributed by atoms with Crippen LogP contribution >= 0.6 is 0 Å². The van der Waals surface area contributed by atoms with E-state index in [1.165, 1.54) is 0 Å². The van der Waals surface area contributed by atoms with Gasteiger partial charge in [0.25, 0.3) is 0 Å². The molecule has 0 saturated heterocycles. The summed E-state index contributed by atoms with van der Waals surface area (Å²) in [5.74, 6) is -2.78. The Labute approximate surface area is 77.8 Å². The second kappa shape index (κ2) is 3.65. The Morgan fingerprint density at radius 2 is 1.86 bits per heavy atom. The van der Waals surface area contributed by atoms with Gasteiger partial charge in [0.15, 0.2) is 12.0 Å². The summed E-state index contributed by atoms with van der Waals surface area (Å²) >= 11 is 0. The number of pyridine rings is 1. The third-order valence-electron chi connectivity index (χ3n) is 1.48. The molecular weight excluding hydrogens is 190 g/mol. The number of carboxylic acid groups (broad SMARTS) is 2. The van der Waals surface area contributed by atoms with E-state index in [1.807, 2.05) is 0 Å². The second-order valence-electron chi connectivity index (χ2n) is 2.36. The van der Waals surface area contributed by atoms with E-state index in [0.29, 0.717) is 6.29 Å². The summed E-state index contributed by atoms with van der Waals surface area (Å²) in [6, 6.07) is 2.17. The molecule has 0 aromatic carbocycles. The second-order valence-corrected chi connectivity index (χ2v) is 2.36. The summed E-state index contributed by atoms with van der Waals surface area (Å²) in [4.78, 5) is 34.6. The van der Waals surface area contributed by atoms with Gasteiger partial charge in [-0.05, 0) is 12.1 Å². The van der Waals surface area contributed by atoms with Crippen LogP contribution in [-0.4, -0.2) is 33.4 Å². The lowest BCUT2D eigenvalue weighted by Gasteiger charge is -1.99. The maximum Gasteiger partial charge on any atom is 0.355 e. The molecule has 1 rings (SSSR count). The Balaban J connectivity index is 3.34. The molecule has 0 spiro atoms. The smallest absolute Gasteiger partial charge is 0.355 e. The van der Waals surface area contributed by atoms with E-state index < -0.39 is 23.3 Å². The first-order valence-corrected chi connectivity index (χ1v) is 3.49. The Bertz CT molecular complexity index is 412. The van der Waals surface area contributed by atoms with E-state index >= 15 is 0 Å². The zero-order valence-electron chi connectivity index (χ0n) is 6.80. The Kier molecular flexibility index (Phi) is 2.57. The molecule has 0 fully saturated rings. The molecular formula is C8H5NO5. The highest BCUT2D eigenvalue weighted by Gasteiger charge is 2.14. The molecule has 1 aromatic heterocycles. The van der Waals surface area contributed by atoms with Crippen LogP contribution in [0.1, 0.15) is 31.3 Å². The predicted octanol–water partition coefficient (Wildman–Crippen LogP) is 0.290. The highest BCUT2D eigenvalue weighted by atomic mass is 16.4. The molecule has 0 unspecified atom stereocenters. The van der Waals surface area contributed by atoms with Crippen molar-refractivity contribution in [2.24, 2.45) is 0 Å². The van der Waals surface area contributed by atoms with Crippen molar-refractivity contribution in [2.75, 3.05) is 0 Å². The first-order chi connectivity index (χ1) is 6.56. The molecule has 1 aromatic rings. The fourth-order valence-corrected chi connectivity index (χ4v) is 0.855. The number of nitrogens with zero attached hydrogens (tertiary/aromatic N) is 1. The largest absolute Gasteiger partial charge is 0.477 e. The number of aromatic carboxylic acids is 2. The van der Waals surface area contributed by atoms with Crippen molar-refractivity contribution in [3.63, 3.8) is 0 Å². The Hall–Kier alpha value is -2.24. The average molecular weight is 195 g/mol. The first kappa shape index (κ1) is 9.85. The molecule has 6 heteroatoms. The molecule has 0 saturated carbocycles. The van der Waals surface area contributed by atoms with Crippen LogP contribution in [0, 0.1) is 0 Å². The minimum atomic E-state index is -1.43. The van der Waals surface area contributed by atoms with Gasteiger partial charge in [0, 0.05) is 5.56 Å². The van der Waals surface area contributed by atoms with Gasteiger partial charge in [0.05, 0.1) is 0 Å².